The van der Waals surface area contributed by atoms with E-state index < -0.39 is 17.1 Å². The van der Waals surface area contributed by atoms with E-state index in [1.165, 1.54) is 18.3 Å². The van der Waals surface area contributed by atoms with Crippen molar-refractivity contribution in [2.75, 3.05) is 25.2 Å². The van der Waals surface area contributed by atoms with E-state index in [2.05, 4.69) is 15.6 Å². The van der Waals surface area contributed by atoms with Gasteiger partial charge in [-0.1, -0.05) is 30.3 Å². The van der Waals surface area contributed by atoms with E-state index in [1.807, 2.05) is 42.5 Å². The number of pyridine rings is 1. The molecule has 1 aromatic heterocycles. The van der Waals surface area contributed by atoms with Crippen LogP contribution in [-0.4, -0.2) is 47.1 Å². The molecule has 0 spiro atoms. The van der Waals surface area contributed by atoms with Crippen LogP contribution in [-0.2, 0) is 27.5 Å². The normalized spacial score (nSPS) is 17.5. The Bertz CT molecular complexity index is 1380. The summed E-state index contributed by atoms with van der Waals surface area (Å²) >= 11 is 0. The summed E-state index contributed by atoms with van der Waals surface area (Å²) in [6.45, 7) is 1.01. The zero-order valence-corrected chi connectivity index (χ0v) is 21.4. The summed E-state index contributed by atoms with van der Waals surface area (Å²) in [5.74, 6) is 1.35. The number of rotatable bonds is 11. The third-order valence-electron chi connectivity index (χ3n) is 6.42. The highest BCUT2D eigenvalue weighted by atomic mass is 16.7. The molecule has 0 unspecified atom stereocenters. The van der Waals surface area contributed by atoms with Crippen molar-refractivity contribution in [2.24, 2.45) is 0 Å². The number of nitrogens with zero attached hydrogens (tertiary/aromatic N) is 2. The van der Waals surface area contributed by atoms with Crippen LogP contribution >= 0.6 is 0 Å². The average molecular weight is 549 g/mol. The number of nitro groups is 1. The number of aliphatic hydroxyl groups excluding tert-OH is 1. The lowest BCUT2D eigenvalue weighted by Gasteiger charge is -2.29. The number of carbonyl (C=O) groups is 1. The fourth-order valence-corrected chi connectivity index (χ4v) is 4.28. The summed E-state index contributed by atoms with van der Waals surface area (Å²) in [5, 5.41) is 25.9. The van der Waals surface area contributed by atoms with Crippen LogP contribution in [0.15, 0.2) is 72.6 Å². The van der Waals surface area contributed by atoms with Crippen molar-refractivity contribution in [2.45, 2.75) is 31.8 Å². The van der Waals surface area contributed by atoms with Gasteiger partial charge in [0.1, 0.15) is 12.0 Å². The van der Waals surface area contributed by atoms with Crippen molar-refractivity contribution in [1.29, 1.82) is 0 Å². The SMILES string of the molecule is O=C(NCCNc1ccc([N+](=O)[O-])cn1)C1=C[C@H](c2ccc3c(c2)OCO3)C[C@H](OCc2ccc(CO)cc2)O1. The summed E-state index contributed by atoms with van der Waals surface area (Å²) < 4.78 is 22.9. The van der Waals surface area contributed by atoms with E-state index in [-0.39, 0.29) is 43.9 Å². The van der Waals surface area contributed by atoms with Crippen LogP contribution in [0.2, 0.25) is 0 Å². The second-order valence-corrected chi connectivity index (χ2v) is 9.16. The largest absolute Gasteiger partial charge is 0.459 e. The molecule has 1 amide bonds. The fraction of sp³-hybridized carbons (Fsp3) is 0.286. The lowest BCUT2D eigenvalue weighted by atomic mass is 9.92. The molecule has 5 rings (SSSR count). The summed E-state index contributed by atoms with van der Waals surface area (Å²) in [7, 11) is 0. The van der Waals surface area contributed by atoms with Crippen LogP contribution in [0, 0.1) is 10.1 Å². The molecular formula is C28H28N4O8. The number of anilines is 1. The van der Waals surface area contributed by atoms with E-state index in [1.54, 1.807) is 6.08 Å². The van der Waals surface area contributed by atoms with Crippen molar-refractivity contribution in [3.05, 3.63) is 99.4 Å². The molecule has 3 N–H and O–H groups in total. The van der Waals surface area contributed by atoms with Crippen LogP contribution in [0.25, 0.3) is 0 Å². The Balaban J connectivity index is 1.22. The number of aromatic nitrogens is 1. The molecule has 12 heteroatoms. The first kappa shape index (κ1) is 26.9. The summed E-state index contributed by atoms with van der Waals surface area (Å²) in [5.41, 5.74) is 2.55. The third-order valence-corrected chi connectivity index (χ3v) is 6.42. The number of aliphatic hydroxyl groups is 1. The quantitative estimate of drug-likeness (QED) is 0.185. The number of ether oxygens (including phenoxy) is 4. The van der Waals surface area contributed by atoms with Crippen molar-refractivity contribution in [3.8, 4) is 11.5 Å². The van der Waals surface area contributed by atoms with Gasteiger partial charge in [0.2, 0.25) is 13.1 Å². The number of benzene rings is 2. The Kier molecular flexibility index (Phi) is 8.38. The predicted octanol–water partition coefficient (Wildman–Crippen LogP) is 3.37. The zero-order valence-electron chi connectivity index (χ0n) is 21.4. The summed E-state index contributed by atoms with van der Waals surface area (Å²) in [6.07, 6.45) is 2.74. The van der Waals surface area contributed by atoms with Gasteiger partial charge in [-0.15, -0.1) is 0 Å². The first-order valence-electron chi connectivity index (χ1n) is 12.7. The molecule has 3 heterocycles. The van der Waals surface area contributed by atoms with Gasteiger partial charge in [0.25, 0.3) is 11.6 Å². The Hall–Kier alpha value is -4.68. The number of amides is 1. The highest BCUT2D eigenvalue weighted by Gasteiger charge is 2.30. The topological polar surface area (TPSA) is 154 Å². The lowest BCUT2D eigenvalue weighted by molar-refractivity contribution is -0.385. The van der Waals surface area contributed by atoms with Gasteiger partial charge in [0.15, 0.2) is 17.3 Å². The summed E-state index contributed by atoms with van der Waals surface area (Å²) in [6, 6.07) is 15.9. The molecule has 3 aromatic rings. The van der Waals surface area contributed by atoms with Crippen molar-refractivity contribution in [3.63, 3.8) is 0 Å². The van der Waals surface area contributed by atoms with Gasteiger partial charge >= 0.3 is 0 Å². The zero-order chi connectivity index (χ0) is 27.9. The maximum Gasteiger partial charge on any atom is 0.287 e. The predicted molar refractivity (Wildman–Crippen MR) is 142 cm³/mol. The number of fused-ring (bicyclic) bond motifs is 1. The Morgan fingerprint density at radius 2 is 1.88 bits per heavy atom. The monoisotopic (exact) mass is 548 g/mol. The van der Waals surface area contributed by atoms with Gasteiger partial charge in [0, 0.05) is 31.5 Å². The van der Waals surface area contributed by atoms with E-state index in [4.69, 9.17) is 18.9 Å². The van der Waals surface area contributed by atoms with Crippen LogP contribution in [0.1, 0.15) is 29.0 Å². The highest BCUT2D eigenvalue weighted by molar-refractivity contribution is 5.91. The minimum Gasteiger partial charge on any atom is -0.459 e. The second-order valence-electron chi connectivity index (χ2n) is 9.16. The molecule has 0 fully saturated rings. The standard InChI is InChI=1S/C28H28N4O8/c33-15-18-1-3-19(4-2-18)16-37-27-13-21(20-5-7-23-24(11-20)39-17-38-23)12-25(40-27)28(34)30-10-9-29-26-8-6-22(14-31-26)32(35)36/h1-8,11-12,14,21,27,33H,9-10,13,15-17H2,(H,29,31)(H,30,34)/t21-,27+/m0/s1. The number of allylic oxidation sites excluding steroid dienone is 1. The number of nitrogens with one attached hydrogen (secondary N) is 2. The molecule has 2 atom stereocenters. The van der Waals surface area contributed by atoms with Crippen LogP contribution in [0.5, 0.6) is 11.5 Å². The molecule has 2 aromatic carbocycles. The van der Waals surface area contributed by atoms with Gasteiger partial charge in [-0.2, -0.15) is 0 Å². The number of hydrogen-bond acceptors (Lipinski definition) is 10. The Labute approximate surface area is 229 Å². The second kappa shape index (κ2) is 12.5. The van der Waals surface area contributed by atoms with E-state index in [9.17, 15) is 20.0 Å². The minimum absolute atomic E-state index is 0.0345. The van der Waals surface area contributed by atoms with E-state index in [0.29, 0.717) is 30.3 Å². The lowest BCUT2D eigenvalue weighted by Crippen LogP contribution is -2.35. The first-order valence-corrected chi connectivity index (χ1v) is 12.7. The molecule has 0 aliphatic carbocycles. The van der Waals surface area contributed by atoms with Gasteiger partial charge < -0.3 is 34.7 Å². The molecule has 0 bridgehead atoms. The maximum absolute atomic E-state index is 13.0. The van der Waals surface area contributed by atoms with E-state index >= 15 is 0 Å². The first-order chi connectivity index (χ1) is 19.5. The molecule has 2 aliphatic rings. The summed E-state index contributed by atoms with van der Waals surface area (Å²) in [4.78, 5) is 27.3. The molecule has 208 valence electrons. The van der Waals surface area contributed by atoms with Crippen LogP contribution in [0.3, 0.4) is 0 Å². The molecule has 2 aliphatic heterocycles. The van der Waals surface area contributed by atoms with Crippen molar-refractivity contribution in [1.82, 2.24) is 10.3 Å². The fourth-order valence-electron chi connectivity index (χ4n) is 4.28. The van der Waals surface area contributed by atoms with Gasteiger partial charge in [0.05, 0.1) is 18.1 Å². The van der Waals surface area contributed by atoms with Gasteiger partial charge in [-0.3, -0.25) is 14.9 Å². The molecule has 0 saturated carbocycles. The van der Waals surface area contributed by atoms with Crippen LogP contribution < -0.4 is 20.1 Å². The average Bonchev–Trinajstić information content (AvgIpc) is 3.46. The van der Waals surface area contributed by atoms with E-state index in [0.717, 1.165) is 16.7 Å². The maximum atomic E-state index is 13.0. The van der Waals surface area contributed by atoms with Gasteiger partial charge in [-0.05, 0) is 41.0 Å². The smallest absolute Gasteiger partial charge is 0.287 e. The highest BCUT2D eigenvalue weighted by Crippen LogP contribution is 2.38. The van der Waals surface area contributed by atoms with Gasteiger partial charge in [-0.25, -0.2) is 4.98 Å². The molecule has 40 heavy (non-hydrogen) atoms. The molecule has 0 radical (unpaired) electrons. The Morgan fingerprint density at radius 1 is 1.07 bits per heavy atom. The molecule has 12 nitrogen and oxygen atoms in total. The number of carbonyl (C=O) groups excluding carboxylic acids is 1. The third kappa shape index (κ3) is 6.65. The van der Waals surface area contributed by atoms with Crippen molar-refractivity contribution >= 4 is 17.4 Å². The minimum atomic E-state index is -0.680. The number of hydrogen-bond donors (Lipinski definition) is 3. The van der Waals surface area contributed by atoms with Crippen LogP contribution in [0.4, 0.5) is 11.5 Å². The molecule has 0 saturated heterocycles. The Morgan fingerprint density at radius 3 is 2.62 bits per heavy atom. The molecular weight excluding hydrogens is 520 g/mol. The van der Waals surface area contributed by atoms with Crippen molar-refractivity contribution < 1.29 is 33.8 Å².